The zero-order valence-corrected chi connectivity index (χ0v) is 25.3. The first-order valence-electron chi connectivity index (χ1n) is 15.7. The average molecular weight is 590 g/mol. The number of aromatic nitrogens is 3. The van der Waals surface area contributed by atoms with Gasteiger partial charge in [0.15, 0.2) is 5.82 Å². The van der Waals surface area contributed by atoms with Gasteiger partial charge in [-0.25, -0.2) is 9.97 Å². The van der Waals surface area contributed by atoms with Crippen LogP contribution in [0.1, 0.15) is 24.1 Å². The quantitative estimate of drug-likeness (QED) is 0.194. The van der Waals surface area contributed by atoms with Crippen molar-refractivity contribution in [3.05, 3.63) is 175 Å². The molecule has 3 nitrogen and oxygen atoms in total. The lowest BCUT2D eigenvalue weighted by Gasteiger charge is -2.16. The van der Waals surface area contributed by atoms with Crippen molar-refractivity contribution in [2.75, 3.05) is 0 Å². The molecule has 0 atom stereocenters. The van der Waals surface area contributed by atoms with Crippen LogP contribution < -0.4 is 0 Å². The predicted molar refractivity (Wildman–Crippen MR) is 191 cm³/mol. The molecular formula is C43H31N3. The van der Waals surface area contributed by atoms with Crippen molar-refractivity contribution in [2.45, 2.75) is 12.8 Å². The van der Waals surface area contributed by atoms with Crippen molar-refractivity contribution < 1.29 is 0 Å². The van der Waals surface area contributed by atoms with Crippen molar-refractivity contribution in [3.63, 3.8) is 0 Å². The fourth-order valence-electron chi connectivity index (χ4n) is 6.28. The van der Waals surface area contributed by atoms with Crippen LogP contribution in [0.2, 0.25) is 0 Å². The first kappa shape index (κ1) is 27.6. The first-order chi connectivity index (χ1) is 22.8. The van der Waals surface area contributed by atoms with Crippen LogP contribution in [0.15, 0.2) is 164 Å². The van der Waals surface area contributed by atoms with E-state index in [1.807, 2.05) is 12.3 Å². The molecule has 0 spiro atoms. The normalized spacial score (nSPS) is 12.9. The van der Waals surface area contributed by atoms with E-state index in [0.29, 0.717) is 0 Å². The molecule has 0 saturated carbocycles. The number of nitrogens with zero attached hydrogens (tertiary/aromatic N) is 3. The summed E-state index contributed by atoms with van der Waals surface area (Å²) in [6.45, 7) is 0. The molecule has 5 aromatic carbocycles. The third-order valence-electron chi connectivity index (χ3n) is 8.69. The maximum atomic E-state index is 5.17. The molecule has 0 fully saturated rings. The van der Waals surface area contributed by atoms with Gasteiger partial charge in [0.25, 0.3) is 0 Å². The fourth-order valence-corrected chi connectivity index (χ4v) is 6.28. The third kappa shape index (κ3) is 5.55. The van der Waals surface area contributed by atoms with Gasteiger partial charge >= 0.3 is 0 Å². The Morgan fingerprint density at radius 3 is 2.02 bits per heavy atom. The van der Waals surface area contributed by atoms with Crippen LogP contribution in [0.4, 0.5) is 0 Å². The summed E-state index contributed by atoms with van der Waals surface area (Å²) < 4.78 is 0. The summed E-state index contributed by atoms with van der Waals surface area (Å²) in [5.41, 5.74) is 12.2. The van der Waals surface area contributed by atoms with Gasteiger partial charge in [-0.15, -0.1) is 0 Å². The van der Waals surface area contributed by atoms with Crippen LogP contribution in [0.5, 0.6) is 0 Å². The Morgan fingerprint density at radius 1 is 0.500 bits per heavy atom. The number of allylic oxidation sites excluding steroid dienone is 4. The molecule has 3 heteroatoms. The largest absolute Gasteiger partial charge is 0.264 e. The highest BCUT2D eigenvalue weighted by atomic mass is 14.9. The van der Waals surface area contributed by atoms with Gasteiger partial charge < -0.3 is 0 Å². The maximum absolute atomic E-state index is 5.17. The topological polar surface area (TPSA) is 38.7 Å². The Kier molecular flexibility index (Phi) is 7.33. The molecule has 7 aromatic rings. The molecule has 0 bridgehead atoms. The summed E-state index contributed by atoms with van der Waals surface area (Å²) in [5.74, 6) is 0.717. The maximum Gasteiger partial charge on any atom is 0.160 e. The van der Waals surface area contributed by atoms with E-state index in [4.69, 9.17) is 9.97 Å². The number of hydrogen-bond acceptors (Lipinski definition) is 3. The standard InChI is InChI=1S/C43H31N3/c1-2-9-30(10-3-1)36-13-6-14-37(27-36)42-28-41(34-22-18-31(19-23-34)38-15-8-26-44-29-38)45-43(46-42)35-24-20-33(21-25-35)40-17-7-12-32-11-4-5-16-39(32)40/h1-5,7-12,14-29H,6,13H2. The van der Waals surface area contributed by atoms with E-state index >= 15 is 0 Å². The Balaban J connectivity index is 1.20. The minimum Gasteiger partial charge on any atom is -0.264 e. The van der Waals surface area contributed by atoms with Gasteiger partial charge in [0, 0.05) is 23.5 Å². The van der Waals surface area contributed by atoms with Crippen LogP contribution in [0.25, 0.3) is 66.8 Å². The lowest BCUT2D eigenvalue weighted by molar-refractivity contribution is 1.05. The summed E-state index contributed by atoms with van der Waals surface area (Å²) in [6.07, 6.45) is 10.3. The van der Waals surface area contributed by atoms with Crippen LogP contribution in [0, 0.1) is 0 Å². The third-order valence-corrected chi connectivity index (χ3v) is 8.69. The van der Waals surface area contributed by atoms with Gasteiger partial charge in [0.2, 0.25) is 0 Å². The molecule has 0 radical (unpaired) electrons. The SMILES string of the molecule is C1=C(c2ccccc2)CCC=C1c1cc(-c2ccc(-c3cccnc3)cc2)nc(-c2ccc(-c3cccc4ccccc34)cc2)n1. The Morgan fingerprint density at radius 2 is 1.20 bits per heavy atom. The molecule has 8 rings (SSSR count). The van der Waals surface area contributed by atoms with E-state index in [9.17, 15) is 0 Å². The van der Waals surface area contributed by atoms with Crippen molar-refractivity contribution in [1.82, 2.24) is 15.0 Å². The summed E-state index contributed by atoms with van der Waals surface area (Å²) in [4.78, 5) is 14.6. The van der Waals surface area contributed by atoms with Crippen molar-refractivity contribution in [2.24, 2.45) is 0 Å². The molecule has 2 aromatic heterocycles. The molecule has 1 aliphatic rings. The van der Waals surface area contributed by atoms with Gasteiger partial charge in [0.1, 0.15) is 0 Å². The molecule has 0 saturated heterocycles. The van der Waals surface area contributed by atoms with E-state index in [1.54, 1.807) is 6.20 Å². The molecule has 0 unspecified atom stereocenters. The van der Waals surface area contributed by atoms with Crippen LogP contribution in [0.3, 0.4) is 0 Å². The molecule has 218 valence electrons. The van der Waals surface area contributed by atoms with Crippen LogP contribution in [-0.2, 0) is 0 Å². The summed E-state index contributed by atoms with van der Waals surface area (Å²) in [6, 6.07) is 49.0. The molecule has 0 aliphatic heterocycles. The zero-order valence-electron chi connectivity index (χ0n) is 25.3. The van der Waals surface area contributed by atoms with Crippen LogP contribution in [-0.4, -0.2) is 15.0 Å². The highest BCUT2D eigenvalue weighted by Crippen LogP contribution is 2.34. The Labute approximate surface area is 269 Å². The fraction of sp³-hybridized carbons (Fsp3) is 0.0465. The minimum atomic E-state index is 0.717. The van der Waals surface area contributed by atoms with Crippen LogP contribution >= 0.6 is 0 Å². The number of rotatable bonds is 6. The highest BCUT2D eigenvalue weighted by Gasteiger charge is 2.15. The average Bonchev–Trinajstić information content (AvgIpc) is 3.15. The first-order valence-corrected chi connectivity index (χ1v) is 15.7. The number of benzene rings is 5. The minimum absolute atomic E-state index is 0.717. The van der Waals surface area contributed by atoms with Crippen molar-refractivity contribution >= 4 is 21.9 Å². The monoisotopic (exact) mass is 589 g/mol. The second-order valence-corrected chi connectivity index (χ2v) is 11.6. The molecule has 2 heterocycles. The molecule has 46 heavy (non-hydrogen) atoms. The summed E-state index contributed by atoms with van der Waals surface area (Å²) >= 11 is 0. The molecular weight excluding hydrogens is 558 g/mol. The van der Waals surface area contributed by atoms with Crippen molar-refractivity contribution in [1.29, 1.82) is 0 Å². The lowest BCUT2D eigenvalue weighted by atomic mass is 9.92. The van der Waals surface area contributed by atoms with E-state index in [-0.39, 0.29) is 0 Å². The lowest BCUT2D eigenvalue weighted by Crippen LogP contribution is -2.00. The highest BCUT2D eigenvalue weighted by molar-refractivity contribution is 5.97. The predicted octanol–water partition coefficient (Wildman–Crippen LogP) is 11.0. The van der Waals surface area contributed by atoms with E-state index in [2.05, 4.69) is 151 Å². The van der Waals surface area contributed by atoms with Gasteiger partial charge in [-0.05, 0) is 80.8 Å². The zero-order chi connectivity index (χ0) is 30.7. The smallest absolute Gasteiger partial charge is 0.160 e. The van der Waals surface area contributed by atoms with Gasteiger partial charge in [-0.2, -0.15) is 0 Å². The number of hydrogen-bond donors (Lipinski definition) is 0. The molecule has 0 N–H and O–H groups in total. The van der Waals surface area contributed by atoms with E-state index < -0.39 is 0 Å². The van der Waals surface area contributed by atoms with E-state index in [1.165, 1.54) is 33.0 Å². The Bertz CT molecular complexity index is 2210. The molecule has 0 amide bonds. The number of pyridine rings is 1. The molecule has 1 aliphatic carbocycles. The van der Waals surface area contributed by atoms with Gasteiger partial charge in [-0.3, -0.25) is 4.98 Å². The Hall–Kier alpha value is -5.93. The number of fused-ring (bicyclic) bond motifs is 1. The van der Waals surface area contributed by atoms with Gasteiger partial charge in [-0.1, -0.05) is 133 Å². The van der Waals surface area contributed by atoms with E-state index in [0.717, 1.165) is 57.9 Å². The summed E-state index contributed by atoms with van der Waals surface area (Å²) in [5, 5.41) is 2.49. The second kappa shape index (κ2) is 12.2. The van der Waals surface area contributed by atoms with Gasteiger partial charge in [0.05, 0.1) is 11.4 Å². The van der Waals surface area contributed by atoms with Crippen molar-refractivity contribution in [3.8, 4) is 44.9 Å². The second-order valence-electron chi connectivity index (χ2n) is 11.6. The summed E-state index contributed by atoms with van der Waals surface area (Å²) in [7, 11) is 0.